The number of hydrogen-bond donors (Lipinski definition) is 0. The van der Waals surface area contributed by atoms with Gasteiger partial charge in [0.1, 0.15) is 12.4 Å². The zero-order chi connectivity index (χ0) is 33.1. The predicted molar refractivity (Wildman–Crippen MR) is 187 cm³/mol. The number of esters is 1. The average molecular weight is 775 g/mol. The van der Waals surface area contributed by atoms with Gasteiger partial charge in [0.15, 0.2) is 4.80 Å². The third-order valence-corrected chi connectivity index (χ3v) is 9.50. The molecule has 6 rings (SSSR count). The predicted octanol–water partition coefficient (Wildman–Crippen LogP) is 6.95. The number of non-ortho nitro benzene ring substituents is 1. The lowest BCUT2D eigenvalue weighted by Crippen LogP contribution is -2.39. The summed E-state index contributed by atoms with van der Waals surface area (Å²) in [5.74, 6) is 0.00744. The molecule has 0 amide bonds. The molecule has 236 valence electrons. The van der Waals surface area contributed by atoms with Gasteiger partial charge in [-0.05, 0) is 85.8 Å². The standard InChI is InChI=1S/C35H25Br2N3O6S/c1-2-45-34(42)29-30(23-9-5-3-6-10-23)38-35-39(31(29)24-11-7-4-8-12-24)33(41)28(47-35)19-22-17-26(36)32(27(37)18-22)46-20-21-13-15-25(16-14-21)40(43)44/h3-19,31H,2,20H2,1H3/b28-19-/t31-/m1/s1. The van der Waals surface area contributed by atoms with Gasteiger partial charge in [0, 0.05) is 17.7 Å². The molecule has 5 aromatic rings. The van der Waals surface area contributed by atoms with E-state index >= 15 is 0 Å². The van der Waals surface area contributed by atoms with Crippen LogP contribution in [0.1, 0.15) is 35.2 Å². The molecule has 0 radical (unpaired) electrons. The monoisotopic (exact) mass is 773 g/mol. The Bertz CT molecular complexity index is 2180. The van der Waals surface area contributed by atoms with Crippen molar-refractivity contribution in [2.75, 3.05) is 6.61 Å². The van der Waals surface area contributed by atoms with Crippen LogP contribution in [0.5, 0.6) is 5.75 Å². The molecule has 0 spiro atoms. The highest BCUT2D eigenvalue weighted by atomic mass is 79.9. The van der Waals surface area contributed by atoms with Crippen LogP contribution >= 0.6 is 43.2 Å². The number of carbonyl (C=O) groups excluding carboxylic acids is 1. The molecule has 12 heteroatoms. The lowest BCUT2D eigenvalue weighted by atomic mass is 9.93. The van der Waals surface area contributed by atoms with Gasteiger partial charge in [-0.2, -0.15) is 0 Å². The minimum Gasteiger partial charge on any atom is -0.487 e. The molecule has 0 unspecified atom stereocenters. The van der Waals surface area contributed by atoms with Gasteiger partial charge in [-0.1, -0.05) is 72.0 Å². The summed E-state index contributed by atoms with van der Waals surface area (Å²) in [5, 5.41) is 11.0. The van der Waals surface area contributed by atoms with E-state index in [2.05, 4.69) is 31.9 Å². The molecule has 0 fully saturated rings. The van der Waals surface area contributed by atoms with E-state index < -0.39 is 16.9 Å². The minimum absolute atomic E-state index is 0.00856. The largest absolute Gasteiger partial charge is 0.487 e. The van der Waals surface area contributed by atoms with Crippen LogP contribution in [0.3, 0.4) is 0 Å². The fraction of sp³-hybridized carbons (Fsp3) is 0.114. The molecule has 2 heterocycles. The summed E-state index contributed by atoms with van der Waals surface area (Å²) in [6.07, 6.45) is 1.78. The van der Waals surface area contributed by atoms with Gasteiger partial charge < -0.3 is 9.47 Å². The molecule has 0 aliphatic carbocycles. The number of hydrogen-bond acceptors (Lipinski definition) is 8. The van der Waals surface area contributed by atoms with Crippen molar-refractivity contribution in [2.45, 2.75) is 19.6 Å². The number of thiazole rings is 1. The van der Waals surface area contributed by atoms with Crippen LogP contribution in [-0.2, 0) is 16.1 Å². The highest BCUT2D eigenvalue weighted by molar-refractivity contribution is 9.11. The summed E-state index contributed by atoms with van der Waals surface area (Å²) in [5.41, 5.74) is 3.47. The van der Waals surface area contributed by atoms with Crippen molar-refractivity contribution in [3.8, 4) is 5.75 Å². The summed E-state index contributed by atoms with van der Waals surface area (Å²) in [6, 6.07) is 27.9. The number of aromatic nitrogens is 1. The van der Waals surface area contributed by atoms with Gasteiger partial charge in [0.2, 0.25) is 0 Å². The van der Waals surface area contributed by atoms with Crippen molar-refractivity contribution in [1.82, 2.24) is 4.57 Å². The van der Waals surface area contributed by atoms with E-state index in [1.165, 1.54) is 23.5 Å². The Balaban J connectivity index is 1.42. The van der Waals surface area contributed by atoms with Crippen LogP contribution in [0.4, 0.5) is 5.69 Å². The Labute approximate surface area is 289 Å². The van der Waals surface area contributed by atoms with E-state index in [1.54, 1.807) is 29.7 Å². The van der Waals surface area contributed by atoms with Crippen molar-refractivity contribution in [2.24, 2.45) is 4.99 Å². The van der Waals surface area contributed by atoms with Gasteiger partial charge in [0.05, 0.1) is 42.3 Å². The lowest BCUT2D eigenvalue weighted by Gasteiger charge is -2.25. The Morgan fingerprint density at radius 1 is 1.00 bits per heavy atom. The number of carbonyl (C=O) groups is 1. The first-order chi connectivity index (χ1) is 22.7. The zero-order valence-electron chi connectivity index (χ0n) is 24.8. The van der Waals surface area contributed by atoms with Crippen molar-refractivity contribution < 1.29 is 19.2 Å². The maximum Gasteiger partial charge on any atom is 0.338 e. The first-order valence-corrected chi connectivity index (χ1v) is 16.8. The molecule has 0 saturated carbocycles. The van der Waals surface area contributed by atoms with Gasteiger partial charge >= 0.3 is 5.97 Å². The topological polar surface area (TPSA) is 113 Å². The molecule has 0 bridgehead atoms. The van der Waals surface area contributed by atoms with Crippen LogP contribution in [0.2, 0.25) is 0 Å². The molecule has 1 aliphatic heterocycles. The van der Waals surface area contributed by atoms with E-state index in [1.807, 2.05) is 72.8 Å². The highest BCUT2D eigenvalue weighted by Gasteiger charge is 2.35. The number of rotatable bonds is 9. The van der Waals surface area contributed by atoms with Crippen molar-refractivity contribution in [1.29, 1.82) is 0 Å². The number of nitrogens with zero attached hydrogens (tertiary/aromatic N) is 3. The second-order valence-corrected chi connectivity index (χ2v) is 13.1. The molecule has 1 aliphatic rings. The van der Waals surface area contributed by atoms with Crippen molar-refractivity contribution in [3.05, 3.63) is 164 Å². The molecule has 1 atom stereocenters. The number of halogens is 2. The van der Waals surface area contributed by atoms with E-state index in [0.717, 1.165) is 22.3 Å². The normalized spacial score (nSPS) is 14.4. The summed E-state index contributed by atoms with van der Waals surface area (Å²) in [6.45, 7) is 2.11. The first kappa shape index (κ1) is 32.3. The van der Waals surface area contributed by atoms with Crippen LogP contribution in [0, 0.1) is 10.1 Å². The maximum absolute atomic E-state index is 14.2. The van der Waals surface area contributed by atoms with E-state index in [0.29, 0.717) is 35.3 Å². The molecule has 4 aromatic carbocycles. The number of fused-ring (bicyclic) bond motifs is 1. The summed E-state index contributed by atoms with van der Waals surface area (Å²) >= 11 is 8.40. The van der Waals surface area contributed by atoms with Crippen LogP contribution < -0.4 is 19.6 Å². The number of nitro benzene ring substituents is 1. The summed E-state index contributed by atoms with van der Waals surface area (Å²) < 4.78 is 14.8. The van der Waals surface area contributed by atoms with E-state index in [9.17, 15) is 19.7 Å². The number of benzene rings is 4. The van der Waals surface area contributed by atoms with Gasteiger partial charge in [-0.25, -0.2) is 9.79 Å². The molecule has 9 nitrogen and oxygen atoms in total. The second-order valence-electron chi connectivity index (χ2n) is 10.4. The third kappa shape index (κ3) is 6.76. The van der Waals surface area contributed by atoms with Crippen LogP contribution in [-0.4, -0.2) is 22.1 Å². The fourth-order valence-electron chi connectivity index (χ4n) is 5.21. The molecular formula is C35H25Br2N3O6S. The Kier molecular flexibility index (Phi) is 9.62. The number of nitro groups is 1. The minimum atomic E-state index is -0.752. The summed E-state index contributed by atoms with van der Waals surface area (Å²) in [7, 11) is 0. The quantitative estimate of drug-likeness (QED) is 0.0911. The summed E-state index contributed by atoms with van der Waals surface area (Å²) in [4.78, 5) is 43.6. The lowest BCUT2D eigenvalue weighted by molar-refractivity contribution is -0.384. The van der Waals surface area contributed by atoms with Crippen molar-refractivity contribution >= 4 is 66.6 Å². The Hall–Kier alpha value is -4.65. The smallest absolute Gasteiger partial charge is 0.338 e. The molecule has 0 N–H and O–H groups in total. The van der Waals surface area contributed by atoms with Crippen LogP contribution in [0.15, 0.2) is 121 Å². The molecule has 0 saturated heterocycles. The SMILES string of the molecule is CCOC(=O)C1=C(c2ccccc2)N=c2s/c(=C\c3cc(Br)c(OCc4ccc([N+](=O)[O-])cc4)c(Br)c3)c(=O)n2[C@@H]1c1ccccc1. The average Bonchev–Trinajstić information content (AvgIpc) is 3.38. The van der Waals surface area contributed by atoms with E-state index in [4.69, 9.17) is 14.5 Å². The molecular weight excluding hydrogens is 750 g/mol. The second kappa shape index (κ2) is 14.0. The fourth-order valence-corrected chi connectivity index (χ4v) is 7.66. The Morgan fingerprint density at radius 2 is 1.64 bits per heavy atom. The molecule has 47 heavy (non-hydrogen) atoms. The van der Waals surface area contributed by atoms with Crippen molar-refractivity contribution in [3.63, 3.8) is 0 Å². The van der Waals surface area contributed by atoms with Crippen LogP contribution in [0.25, 0.3) is 11.8 Å². The van der Waals surface area contributed by atoms with E-state index in [-0.39, 0.29) is 24.5 Å². The zero-order valence-corrected chi connectivity index (χ0v) is 28.8. The number of ether oxygens (including phenoxy) is 2. The first-order valence-electron chi connectivity index (χ1n) is 14.4. The molecule has 1 aromatic heterocycles. The maximum atomic E-state index is 14.2. The van der Waals surface area contributed by atoms with Gasteiger partial charge in [-0.3, -0.25) is 19.5 Å². The highest BCUT2D eigenvalue weighted by Crippen LogP contribution is 2.37. The Morgan fingerprint density at radius 3 is 2.26 bits per heavy atom. The van der Waals surface area contributed by atoms with Gasteiger partial charge in [-0.15, -0.1) is 0 Å². The third-order valence-electron chi connectivity index (χ3n) is 7.34. The van der Waals surface area contributed by atoms with Gasteiger partial charge in [0.25, 0.3) is 11.2 Å².